The highest BCUT2D eigenvalue weighted by atomic mass is 35.5. The molecule has 1 aliphatic heterocycles. The minimum absolute atomic E-state index is 0. The first-order valence-corrected chi connectivity index (χ1v) is 9.44. The average Bonchev–Trinajstić information content (AvgIpc) is 2.69. The van der Waals surface area contributed by atoms with Crippen LogP contribution in [0.2, 0.25) is 0 Å². The highest BCUT2D eigenvalue weighted by molar-refractivity contribution is 6.05. The molecule has 2 heterocycles. The molecule has 1 fully saturated rings. The van der Waals surface area contributed by atoms with Crippen LogP contribution in [0.25, 0.3) is 0 Å². The van der Waals surface area contributed by atoms with Crippen LogP contribution in [0.4, 0.5) is 11.4 Å². The van der Waals surface area contributed by atoms with Gasteiger partial charge in [0, 0.05) is 35.8 Å². The Hall–Kier alpha value is -2.15. The minimum Gasteiger partial charge on any atom is -0.326 e. The monoisotopic (exact) mass is 438 g/mol. The summed E-state index contributed by atoms with van der Waals surface area (Å²) in [5, 5.41) is 9.10. The molecule has 29 heavy (non-hydrogen) atoms. The first-order chi connectivity index (χ1) is 13.1. The fraction of sp³-hybridized carbons (Fsp3) is 0.381. The van der Waals surface area contributed by atoms with E-state index in [1.54, 1.807) is 48.8 Å². The maximum Gasteiger partial charge on any atom is 0.255 e. The number of piperidine rings is 1. The van der Waals surface area contributed by atoms with Crippen LogP contribution in [0.3, 0.4) is 0 Å². The zero-order valence-corrected chi connectivity index (χ0v) is 18.0. The summed E-state index contributed by atoms with van der Waals surface area (Å²) in [5.41, 5.74) is 1.82. The molecule has 158 valence electrons. The lowest BCUT2D eigenvalue weighted by Crippen LogP contribution is -2.32. The quantitative estimate of drug-likeness (QED) is 0.632. The van der Waals surface area contributed by atoms with Gasteiger partial charge in [-0.3, -0.25) is 14.6 Å². The lowest BCUT2D eigenvalue weighted by molar-refractivity contribution is -0.117. The van der Waals surface area contributed by atoms with Crippen LogP contribution in [0.5, 0.6) is 0 Å². The normalized spacial score (nSPS) is 14.7. The molecular formula is C21H28Cl2N4O2. The number of amides is 2. The SMILES string of the molecule is CC(CC(=O)Nc1cccc(C(=O)Nc2ccncc2)c1)C1CCNCC1.Cl.Cl. The molecule has 3 N–H and O–H groups in total. The summed E-state index contributed by atoms with van der Waals surface area (Å²) in [7, 11) is 0. The molecule has 2 aromatic rings. The topological polar surface area (TPSA) is 83.1 Å². The molecule has 0 bridgehead atoms. The van der Waals surface area contributed by atoms with Crippen molar-refractivity contribution in [1.29, 1.82) is 0 Å². The zero-order valence-electron chi connectivity index (χ0n) is 16.4. The third-order valence-corrected chi connectivity index (χ3v) is 5.04. The van der Waals surface area contributed by atoms with Crippen molar-refractivity contribution in [1.82, 2.24) is 10.3 Å². The molecule has 0 aliphatic carbocycles. The van der Waals surface area contributed by atoms with E-state index in [0.29, 0.717) is 35.2 Å². The Bertz CT molecular complexity index is 783. The van der Waals surface area contributed by atoms with E-state index >= 15 is 0 Å². The van der Waals surface area contributed by atoms with Crippen LogP contribution in [-0.4, -0.2) is 29.9 Å². The van der Waals surface area contributed by atoms with Crippen molar-refractivity contribution in [2.45, 2.75) is 26.2 Å². The van der Waals surface area contributed by atoms with Crippen LogP contribution >= 0.6 is 24.8 Å². The molecule has 1 aromatic heterocycles. The Labute approximate surface area is 184 Å². The van der Waals surface area contributed by atoms with E-state index in [2.05, 4.69) is 27.9 Å². The lowest BCUT2D eigenvalue weighted by Gasteiger charge is -2.27. The molecule has 2 amide bonds. The van der Waals surface area contributed by atoms with Crippen molar-refractivity contribution < 1.29 is 9.59 Å². The average molecular weight is 439 g/mol. The Balaban J connectivity index is 0.00000210. The van der Waals surface area contributed by atoms with Crippen molar-refractivity contribution in [2.24, 2.45) is 11.8 Å². The standard InChI is InChI=1S/C21H26N4O2.2ClH/c1-15(16-5-9-22-10-6-16)13-20(26)24-19-4-2-3-17(14-19)21(27)25-18-7-11-23-12-8-18;;/h2-4,7-8,11-12,14-16,22H,5-6,9-10,13H2,1H3,(H,24,26)(H,23,25,27);2*1H. The highest BCUT2D eigenvalue weighted by Gasteiger charge is 2.22. The van der Waals surface area contributed by atoms with Crippen LogP contribution in [0.1, 0.15) is 36.5 Å². The maximum atomic E-state index is 12.4. The Kier molecular flexibility index (Phi) is 10.7. The number of pyridine rings is 1. The number of rotatable bonds is 6. The summed E-state index contributed by atoms with van der Waals surface area (Å²) in [6, 6.07) is 10.5. The third kappa shape index (κ3) is 7.65. The van der Waals surface area contributed by atoms with E-state index in [9.17, 15) is 9.59 Å². The number of carbonyl (C=O) groups is 2. The number of carbonyl (C=O) groups excluding carboxylic acids is 2. The van der Waals surface area contributed by atoms with Crippen molar-refractivity contribution in [3.63, 3.8) is 0 Å². The van der Waals surface area contributed by atoms with Crippen molar-refractivity contribution >= 4 is 48.0 Å². The summed E-state index contributed by atoms with van der Waals surface area (Å²) >= 11 is 0. The molecule has 1 aliphatic rings. The van der Waals surface area contributed by atoms with E-state index in [4.69, 9.17) is 0 Å². The molecule has 1 atom stereocenters. The number of hydrogen-bond donors (Lipinski definition) is 3. The van der Waals surface area contributed by atoms with Crippen LogP contribution in [0.15, 0.2) is 48.8 Å². The zero-order chi connectivity index (χ0) is 19.1. The Morgan fingerprint density at radius 2 is 1.76 bits per heavy atom. The van der Waals surface area contributed by atoms with Crippen LogP contribution in [-0.2, 0) is 4.79 Å². The lowest BCUT2D eigenvalue weighted by atomic mass is 9.84. The first kappa shape index (κ1) is 24.9. The minimum atomic E-state index is -0.222. The largest absolute Gasteiger partial charge is 0.326 e. The molecule has 1 saturated heterocycles. The van der Waals surface area contributed by atoms with Gasteiger partial charge >= 0.3 is 0 Å². The van der Waals surface area contributed by atoms with E-state index < -0.39 is 0 Å². The molecule has 1 aromatic carbocycles. The van der Waals surface area contributed by atoms with Gasteiger partial charge in [0.2, 0.25) is 5.91 Å². The number of nitrogens with one attached hydrogen (secondary N) is 3. The number of nitrogens with zero attached hydrogens (tertiary/aromatic N) is 1. The molecule has 6 nitrogen and oxygen atoms in total. The van der Waals surface area contributed by atoms with E-state index in [1.807, 2.05) is 0 Å². The second-order valence-electron chi connectivity index (χ2n) is 7.09. The van der Waals surface area contributed by atoms with E-state index in [-0.39, 0.29) is 36.6 Å². The fourth-order valence-corrected chi connectivity index (χ4v) is 3.46. The van der Waals surface area contributed by atoms with Gasteiger partial charge in [0.05, 0.1) is 0 Å². The number of aromatic nitrogens is 1. The molecule has 3 rings (SSSR count). The van der Waals surface area contributed by atoms with E-state index in [1.165, 1.54) is 0 Å². The van der Waals surface area contributed by atoms with Gasteiger partial charge in [-0.05, 0) is 68.1 Å². The van der Waals surface area contributed by atoms with Crippen molar-refractivity contribution in [3.8, 4) is 0 Å². The van der Waals surface area contributed by atoms with Crippen molar-refractivity contribution in [2.75, 3.05) is 23.7 Å². The summed E-state index contributed by atoms with van der Waals surface area (Å²) in [6.45, 7) is 4.21. The predicted molar refractivity (Wildman–Crippen MR) is 121 cm³/mol. The first-order valence-electron chi connectivity index (χ1n) is 9.44. The van der Waals surface area contributed by atoms with Gasteiger partial charge in [0.25, 0.3) is 5.91 Å². The number of hydrogen-bond acceptors (Lipinski definition) is 4. The predicted octanol–water partition coefficient (Wildman–Crippen LogP) is 4.14. The van der Waals surface area contributed by atoms with Gasteiger partial charge in [-0.1, -0.05) is 13.0 Å². The highest BCUT2D eigenvalue weighted by Crippen LogP contribution is 2.25. The smallest absolute Gasteiger partial charge is 0.255 e. The van der Waals surface area contributed by atoms with Gasteiger partial charge in [0.15, 0.2) is 0 Å². The molecule has 8 heteroatoms. The van der Waals surface area contributed by atoms with Gasteiger partial charge in [-0.25, -0.2) is 0 Å². The van der Waals surface area contributed by atoms with E-state index in [0.717, 1.165) is 25.9 Å². The Morgan fingerprint density at radius 3 is 2.45 bits per heavy atom. The molecule has 0 spiro atoms. The summed E-state index contributed by atoms with van der Waals surface area (Å²) in [6.07, 6.45) is 5.99. The van der Waals surface area contributed by atoms with Gasteiger partial charge in [-0.15, -0.1) is 24.8 Å². The molecule has 0 saturated carbocycles. The van der Waals surface area contributed by atoms with Gasteiger partial charge < -0.3 is 16.0 Å². The van der Waals surface area contributed by atoms with Crippen molar-refractivity contribution in [3.05, 3.63) is 54.4 Å². The molecular weight excluding hydrogens is 411 g/mol. The number of halogens is 2. The molecule has 0 radical (unpaired) electrons. The third-order valence-electron chi connectivity index (χ3n) is 5.04. The second-order valence-corrected chi connectivity index (χ2v) is 7.09. The second kappa shape index (κ2) is 12.4. The maximum absolute atomic E-state index is 12.4. The van der Waals surface area contributed by atoms with Crippen LogP contribution < -0.4 is 16.0 Å². The summed E-state index contributed by atoms with van der Waals surface area (Å²) < 4.78 is 0. The fourth-order valence-electron chi connectivity index (χ4n) is 3.46. The summed E-state index contributed by atoms with van der Waals surface area (Å²) in [5.74, 6) is 0.716. The van der Waals surface area contributed by atoms with Gasteiger partial charge in [-0.2, -0.15) is 0 Å². The Morgan fingerprint density at radius 1 is 1.07 bits per heavy atom. The number of benzene rings is 1. The molecule has 1 unspecified atom stereocenters. The van der Waals surface area contributed by atoms with Crippen LogP contribution in [0, 0.1) is 11.8 Å². The summed E-state index contributed by atoms with van der Waals surface area (Å²) in [4.78, 5) is 28.7. The van der Waals surface area contributed by atoms with Gasteiger partial charge in [0.1, 0.15) is 0 Å². The number of anilines is 2.